The van der Waals surface area contributed by atoms with Crippen molar-refractivity contribution in [3.63, 3.8) is 0 Å². The fourth-order valence-corrected chi connectivity index (χ4v) is 4.80. The van der Waals surface area contributed by atoms with Gasteiger partial charge in [0.2, 0.25) is 5.91 Å². The van der Waals surface area contributed by atoms with Gasteiger partial charge >= 0.3 is 14.2 Å². The van der Waals surface area contributed by atoms with Crippen molar-refractivity contribution in [2.24, 2.45) is 0 Å². The molecule has 2 amide bonds. The van der Waals surface area contributed by atoms with E-state index in [0.29, 0.717) is 53.7 Å². The lowest BCUT2D eigenvalue weighted by Crippen LogP contribution is -2.42. The molecule has 0 unspecified atom stereocenters. The van der Waals surface area contributed by atoms with Gasteiger partial charge in [0, 0.05) is 35.9 Å². The molecule has 0 aliphatic carbocycles. The van der Waals surface area contributed by atoms with Crippen LogP contribution in [0.4, 0.5) is 0 Å². The van der Waals surface area contributed by atoms with Crippen molar-refractivity contribution in [1.29, 1.82) is 0 Å². The van der Waals surface area contributed by atoms with E-state index in [-0.39, 0.29) is 18.4 Å². The van der Waals surface area contributed by atoms with E-state index in [0.717, 1.165) is 16.7 Å². The van der Waals surface area contributed by atoms with Crippen molar-refractivity contribution in [1.82, 2.24) is 10.6 Å². The maximum Gasteiger partial charge on any atom is 0.488 e. The lowest BCUT2D eigenvalue weighted by molar-refractivity contribution is -0.689. The maximum absolute atomic E-state index is 13.3. The van der Waals surface area contributed by atoms with E-state index < -0.39 is 14.2 Å². The minimum Gasteiger partial charge on any atom is -0.423 e. The first-order chi connectivity index (χ1) is 21.1. The molecule has 0 aliphatic rings. The molecule has 224 valence electrons. The van der Waals surface area contributed by atoms with Crippen LogP contribution in [0.2, 0.25) is 0 Å². The number of pyridine rings is 2. The van der Waals surface area contributed by atoms with Gasteiger partial charge in [-0.2, -0.15) is 4.57 Å². The average Bonchev–Trinajstić information content (AvgIpc) is 3.01. The molecule has 6 N–H and O–H groups in total. The van der Waals surface area contributed by atoms with E-state index in [1.54, 1.807) is 49.5 Å². The summed E-state index contributed by atoms with van der Waals surface area (Å²) in [6, 6.07) is 19.7. The van der Waals surface area contributed by atoms with Crippen LogP contribution in [0.25, 0.3) is 11.1 Å². The van der Waals surface area contributed by atoms with Gasteiger partial charge in [-0.05, 0) is 36.4 Å². The number of hydrogen-bond donors (Lipinski definition) is 6. The normalized spacial score (nSPS) is 10.7. The van der Waals surface area contributed by atoms with Crippen molar-refractivity contribution < 1.29 is 38.8 Å². The zero-order valence-electron chi connectivity index (χ0n) is 24.6. The van der Waals surface area contributed by atoms with Gasteiger partial charge in [-0.3, -0.25) is 9.59 Å². The predicted molar refractivity (Wildman–Crippen MR) is 168 cm³/mol. The molecule has 0 saturated carbocycles. The van der Waals surface area contributed by atoms with Crippen LogP contribution in [-0.4, -0.2) is 59.2 Å². The third-order valence-electron chi connectivity index (χ3n) is 7.06. The molecule has 0 bridgehead atoms. The molecule has 12 heteroatoms. The molecule has 0 aliphatic heterocycles. The monoisotopic (exact) mass is 594 g/mol. The van der Waals surface area contributed by atoms with Crippen LogP contribution in [0, 0.1) is 0 Å². The molecule has 4 aromatic rings. The lowest BCUT2D eigenvalue weighted by atomic mass is 9.77. The molecule has 4 rings (SSSR count). The molecule has 0 radical (unpaired) electrons. The van der Waals surface area contributed by atoms with E-state index >= 15 is 0 Å². The van der Waals surface area contributed by atoms with Crippen molar-refractivity contribution in [3.8, 4) is 11.1 Å². The molecule has 10 nitrogen and oxygen atoms in total. The molecular formula is C32H36B2N4O6+2. The van der Waals surface area contributed by atoms with Crippen LogP contribution in [0.1, 0.15) is 34.8 Å². The second-order valence-electron chi connectivity index (χ2n) is 10.5. The first-order valence-electron chi connectivity index (χ1n) is 14.3. The summed E-state index contributed by atoms with van der Waals surface area (Å²) >= 11 is 0. The van der Waals surface area contributed by atoms with E-state index in [9.17, 15) is 29.7 Å². The van der Waals surface area contributed by atoms with Gasteiger partial charge in [-0.1, -0.05) is 55.1 Å². The average molecular weight is 594 g/mol. The SMILES string of the molecule is C=C(C)C(=O)NCCCNC(=O)c1cc(-c2ccc[n+](Cc3ccccc3B(O)O)c2)c[n+](Cc2ccccc2B(O)O)c1. The number of nitrogens with one attached hydrogen (secondary N) is 2. The minimum absolute atomic E-state index is 0.227. The molecule has 44 heavy (non-hydrogen) atoms. The number of nitrogens with zero attached hydrogens (tertiary/aromatic N) is 2. The summed E-state index contributed by atoms with van der Waals surface area (Å²) in [5.41, 5.74) is 4.62. The highest BCUT2D eigenvalue weighted by atomic mass is 16.4. The summed E-state index contributed by atoms with van der Waals surface area (Å²) in [5, 5.41) is 45.0. The molecular weight excluding hydrogens is 558 g/mol. The summed E-state index contributed by atoms with van der Waals surface area (Å²) in [4.78, 5) is 25.0. The summed E-state index contributed by atoms with van der Waals surface area (Å²) in [5.74, 6) is -0.522. The third kappa shape index (κ3) is 8.71. The molecule has 2 aromatic heterocycles. The molecule has 2 aromatic carbocycles. The number of amides is 2. The number of carbonyl (C=O) groups is 2. The minimum atomic E-state index is -1.64. The Morgan fingerprint density at radius 2 is 1.32 bits per heavy atom. The third-order valence-corrected chi connectivity index (χ3v) is 7.06. The van der Waals surface area contributed by atoms with Gasteiger partial charge in [0.15, 0.2) is 37.9 Å². The quantitative estimate of drug-likeness (QED) is 0.0518. The molecule has 0 fully saturated rings. The maximum atomic E-state index is 13.3. The fraction of sp³-hybridized carbons (Fsp3) is 0.188. The van der Waals surface area contributed by atoms with Gasteiger partial charge < -0.3 is 30.7 Å². The molecule has 0 saturated heterocycles. The van der Waals surface area contributed by atoms with Crippen LogP contribution in [0.3, 0.4) is 0 Å². The first-order valence-corrected chi connectivity index (χ1v) is 14.3. The van der Waals surface area contributed by atoms with Crippen molar-refractivity contribution in [3.05, 3.63) is 120 Å². The Hall–Kier alpha value is -4.61. The van der Waals surface area contributed by atoms with Crippen molar-refractivity contribution in [2.45, 2.75) is 26.4 Å². The Bertz CT molecular complexity index is 1650. The largest absolute Gasteiger partial charge is 0.488 e. The first kappa shape index (κ1) is 32.3. The van der Waals surface area contributed by atoms with Gasteiger partial charge in [-0.25, -0.2) is 4.57 Å². The van der Waals surface area contributed by atoms with Crippen LogP contribution in [0.15, 0.2) is 104 Å². The Balaban J connectivity index is 1.62. The number of hydrogen-bond acceptors (Lipinski definition) is 6. The van der Waals surface area contributed by atoms with Crippen LogP contribution in [0.5, 0.6) is 0 Å². The highest BCUT2D eigenvalue weighted by molar-refractivity contribution is 6.59. The highest BCUT2D eigenvalue weighted by Crippen LogP contribution is 2.18. The Kier molecular flexibility index (Phi) is 11.2. The summed E-state index contributed by atoms with van der Waals surface area (Å²) < 4.78 is 3.75. The summed E-state index contributed by atoms with van der Waals surface area (Å²) in [6.07, 6.45) is 7.92. The van der Waals surface area contributed by atoms with Gasteiger partial charge in [-0.15, -0.1) is 0 Å². The lowest BCUT2D eigenvalue weighted by Gasteiger charge is -2.10. The Morgan fingerprint density at radius 1 is 0.750 bits per heavy atom. The van der Waals surface area contributed by atoms with E-state index in [1.807, 2.05) is 58.1 Å². The van der Waals surface area contributed by atoms with Gasteiger partial charge in [0.25, 0.3) is 5.91 Å². The molecule has 0 spiro atoms. The Labute approximate surface area is 257 Å². The Morgan fingerprint density at radius 3 is 1.93 bits per heavy atom. The smallest absolute Gasteiger partial charge is 0.423 e. The number of benzene rings is 2. The van der Waals surface area contributed by atoms with E-state index in [4.69, 9.17) is 0 Å². The second-order valence-corrected chi connectivity index (χ2v) is 10.5. The van der Waals surface area contributed by atoms with Gasteiger partial charge in [0.05, 0.1) is 11.1 Å². The van der Waals surface area contributed by atoms with Crippen molar-refractivity contribution in [2.75, 3.05) is 13.1 Å². The topological polar surface area (TPSA) is 147 Å². The fourth-order valence-electron chi connectivity index (χ4n) is 4.80. The second kappa shape index (κ2) is 15.2. The van der Waals surface area contributed by atoms with Gasteiger partial charge in [0.1, 0.15) is 5.56 Å². The summed E-state index contributed by atoms with van der Waals surface area (Å²) in [6.45, 7) is 6.66. The highest BCUT2D eigenvalue weighted by Gasteiger charge is 2.22. The zero-order valence-corrected chi connectivity index (χ0v) is 24.6. The molecule has 2 heterocycles. The standard InChI is InChI=1S/C32H34B2N4O6/c1-23(2)31(39)35-14-8-15-36-32(40)28-17-27(21-38(22-28)20-26-10-4-6-13-30(26)34(43)44)24-11-7-16-37(18-24)19-25-9-3-5-12-29(25)33(41)42/h3-7,9-13,16-18,21-22,41-44H,1,8,14-15,19-20H2,2H3/p+2. The van der Waals surface area contributed by atoms with Crippen molar-refractivity contribution >= 4 is 37.0 Å². The van der Waals surface area contributed by atoms with E-state index in [1.165, 1.54) is 0 Å². The number of carbonyl (C=O) groups excluding carboxylic acids is 2. The van der Waals surface area contributed by atoms with Crippen LogP contribution in [-0.2, 0) is 17.9 Å². The van der Waals surface area contributed by atoms with Crippen LogP contribution >= 0.6 is 0 Å². The van der Waals surface area contributed by atoms with Crippen LogP contribution < -0.4 is 30.7 Å². The predicted octanol–water partition coefficient (Wildman–Crippen LogP) is -0.803. The number of aromatic nitrogens is 2. The van der Waals surface area contributed by atoms with E-state index in [2.05, 4.69) is 17.2 Å². The summed E-state index contributed by atoms with van der Waals surface area (Å²) in [7, 11) is -3.23. The zero-order chi connectivity index (χ0) is 31.6. The number of rotatable bonds is 13. The molecule has 0 atom stereocenters.